The first-order valence-corrected chi connectivity index (χ1v) is 6.94. The molecule has 1 saturated heterocycles. The topological polar surface area (TPSA) is 34.0 Å². The average molecular weight is 286 g/mol. The fourth-order valence-corrected chi connectivity index (χ4v) is 2.92. The zero-order valence-electron chi connectivity index (χ0n) is 9.87. The summed E-state index contributed by atoms with van der Waals surface area (Å²) in [5.74, 6) is -0.129. The number of nitrogens with one attached hydrogen (secondary N) is 1. The Morgan fingerprint density at radius 3 is 2.63 bits per heavy atom. The summed E-state index contributed by atoms with van der Waals surface area (Å²) in [6, 6.07) is 13.9. The number of thiocarbonyl (C=S) groups is 1. The summed E-state index contributed by atoms with van der Waals surface area (Å²) < 4.78 is 2.54. The first-order chi connectivity index (χ1) is 9.24. The summed E-state index contributed by atoms with van der Waals surface area (Å²) in [5, 5.41) is 2.62. The van der Waals surface area contributed by atoms with Crippen LogP contribution in [0.2, 0.25) is 0 Å². The molecule has 5 heteroatoms. The Morgan fingerprint density at radius 1 is 1.16 bits per heavy atom. The van der Waals surface area contributed by atoms with Gasteiger partial charge in [-0.15, -0.1) is 0 Å². The molecule has 1 amide bonds. The van der Waals surface area contributed by atoms with Crippen molar-refractivity contribution < 1.29 is 4.79 Å². The van der Waals surface area contributed by atoms with Crippen LogP contribution in [-0.2, 0) is 4.79 Å². The second kappa shape index (κ2) is 5.03. The van der Waals surface area contributed by atoms with Crippen molar-refractivity contribution in [2.45, 2.75) is 0 Å². The molecule has 2 heterocycles. The van der Waals surface area contributed by atoms with Crippen LogP contribution in [-0.4, -0.2) is 14.8 Å². The third-order valence-electron chi connectivity index (χ3n) is 2.74. The van der Waals surface area contributed by atoms with E-state index in [1.807, 2.05) is 59.3 Å². The van der Waals surface area contributed by atoms with Gasteiger partial charge in [-0.25, -0.2) is 0 Å². The summed E-state index contributed by atoms with van der Waals surface area (Å²) in [6.45, 7) is 0. The number of para-hydroxylation sites is 1. The molecular weight excluding hydrogens is 276 g/mol. The number of hydrogen-bond donors (Lipinski definition) is 1. The lowest BCUT2D eigenvalue weighted by molar-refractivity contribution is -0.115. The monoisotopic (exact) mass is 286 g/mol. The number of carbonyl (C=O) groups excluding carboxylic acids is 1. The van der Waals surface area contributed by atoms with Crippen molar-refractivity contribution in [2.24, 2.45) is 0 Å². The fraction of sp³-hybridized carbons (Fsp3) is 0. The van der Waals surface area contributed by atoms with Gasteiger partial charge in [0.2, 0.25) is 0 Å². The molecule has 3 nitrogen and oxygen atoms in total. The van der Waals surface area contributed by atoms with Crippen LogP contribution in [0.1, 0.15) is 5.69 Å². The van der Waals surface area contributed by atoms with Gasteiger partial charge in [0.05, 0.1) is 4.91 Å². The predicted octanol–water partition coefficient (Wildman–Crippen LogP) is 2.97. The van der Waals surface area contributed by atoms with Gasteiger partial charge in [-0.2, -0.15) is 0 Å². The van der Waals surface area contributed by atoms with Crippen LogP contribution >= 0.6 is 24.0 Å². The Morgan fingerprint density at radius 2 is 1.95 bits per heavy atom. The molecule has 1 N–H and O–H groups in total. The van der Waals surface area contributed by atoms with E-state index in [0.717, 1.165) is 11.4 Å². The third-order valence-corrected chi connectivity index (χ3v) is 3.90. The lowest BCUT2D eigenvalue weighted by Gasteiger charge is -2.06. The van der Waals surface area contributed by atoms with Crippen LogP contribution in [0.4, 0.5) is 0 Å². The number of hydrogen-bond acceptors (Lipinski definition) is 3. The van der Waals surface area contributed by atoms with Crippen LogP contribution in [0.3, 0.4) is 0 Å². The van der Waals surface area contributed by atoms with Crippen molar-refractivity contribution in [2.75, 3.05) is 0 Å². The van der Waals surface area contributed by atoms with E-state index in [2.05, 4.69) is 5.32 Å². The number of benzene rings is 1. The van der Waals surface area contributed by atoms with E-state index in [4.69, 9.17) is 12.2 Å². The highest BCUT2D eigenvalue weighted by molar-refractivity contribution is 8.26. The molecule has 1 aromatic carbocycles. The minimum Gasteiger partial charge on any atom is -0.317 e. The van der Waals surface area contributed by atoms with E-state index in [-0.39, 0.29) is 5.91 Å². The normalized spacial score (nSPS) is 16.9. The molecule has 1 fully saturated rings. The Labute approximate surface area is 120 Å². The Bertz CT molecular complexity index is 674. The summed E-state index contributed by atoms with van der Waals surface area (Å²) in [6.07, 6.45) is 3.82. The highest BCUT2D eigenvalue weighted by Gasteiger charge is 2.22. The molecule has 1 aliphatic heterocycles. The van der Waals surface area contributed by atoms with Gasteiger partial charge in [0.25, 0.3) is 5.91 Å². The van der Waals surface area contributed by atoms with Gasteiger partial charge < -0.3 is 9.88 Å². The van der Waals surface area contributed by atoms with E-state index in [0.29, 0.717) is 9.23 Å². The van der Waals surface area contributed by atoms with Crippen molar-refractivity contribution in [3.05, 3.63) is 59.3 Å². The van der Waals surface area contributed by atoms with Gasteiger partial charge in [0.1, 0.15) is 4.32 Å². The molecule has 0 saturated carbocycles. The van der Waals surface area contributed by atoms with Gasteiger partial charge in [0, 0.05) is 17.6 Å². The molecule has 19 heavy (non-hydrogen) atoms. The highest BCUT2D eigenvalue weighted by atomic mass is 32.2. The van der Waals surface area contributed by atoms with Crippen molar-refractivity contribution in [3.8, 4) is 5.69 Å². The van der Waals surface area contributed by atoms with Crippen LogP contribution in [0, 0.1) is 0 Å². The number of rotatable bonds is 2. The molecule has 3 rings (SSSR count). The Hall–Kier alpha value is -1.85. The first-order valence-electron chi connectivity index (χ1n) is 5.72. The molecule has 0 spiro atoms. The Balaban J connectivity index is 2.00. The maximum atomic E-state index is 11.7. The maximum Gasteiger partial charge on any atom is 0.263 e. The minimum atomic E-state index is -0.129. The average Bonchev–Trinajstić information content (AvgIpc) is 2.98. The molecule has 0 aliphatic carbocycles. The molecule has 2 aromatic rings. The molecule has 0 unspecified atom stereocenters. The number of amides is 1. The minimum absolute atomic E-state index is 0.129. The molecule has 0 atom stereocenters. The van der Waals surface area contributed by atoms with Gasteiger partial charge in [-0.05, 0) is 30.3 Å². The SMILES string of the molecule is O=C1NC(=S)S/C1=C/c1cccn1-c1ccccc1. The van der Waals surface area contributed by atoms with Crippen molar-refractivity contribution in [1.29, 1.82) is 0 Å². The van der Waals surface area contributed by atoms with Crippen molar-refractivity contribution in [3.63, 3.8) is 0 Å². The molecular formula is C14H10N2OS2. The molecule has 0 radical (unpaired) electrons. The number of thioether (sulfide) groups is 1. The zero-order valence-corrected chi connectivity index (χ0v) is 11.5. The number of carbonyl (C=O) groups is 1. The largest absolute Gasteiger partial charge is 0.317 e. The van der Waals surface area contributed by atoms with Crippen LogP contribution in [0.5, 0.6) is 0 Å². The second-order valence-corrected chi connectivity index (χ2v) is 5.71. The smallest absolute Gasteiger partial charge is 0.263 e. The van der Waals surface area contributed by atoms with E-state index in [1.54, 1.807) is 0 Å². The fourth-order valence-electron chi connectivity index (χ4n) is 1.89. The second-order valence-electron chi connectivity index (χ2n) is 3.99. The lowest BCUT2D eigenvalue weighted by atomic mass is 10.3. The number of aromatic nitrogens is 1. The molecule has 1 aliphatic rings. The van der Waals surface area contributed by atoms with Crippen molar-refractivity contribution >= 4 is 40.3 Å². The zero-order chi connectivity index (χ0) is 13.2. The number of nitrogens with zero attached hydrogens (tertiary/aromatic N) is 1. The summed E-state index contributed by atoms with van der Waals surface area (Å²) in [4.78, 5) is 12.3. The summed E-state index contributed by atoms with van der Waals surface area (Å²) in [5.41, 5.74) is 2.01. The highest BCUT2D eigenvalue weighted by Crippen LogP contribution is 2.26. The first kappa shape index (κ1) is 12.2. The quantitative estimate of drug-likeness (QED) is 0.681. The molecule has 1 aromatic heterocycles. The lowest BCUT2D eigenvalue weighted by Crippen LogP contribution is -2.17. The van der Waals surface area contributed by atoms with Gasteiger partial charge in [-0.3, -0.25) is 4.79 Å². The third kappa shape index (κ3) is 2.47. The van der Waals surface area contributed by atoms with E-state index >= 15 is 0 Å². The van der Waals surface area contributed by atoms with Crippen LogP contribution in [0.15, 0.2) is 53.6 Å². The van der Waals surface area contributed by atoms with Crippen molar-refractivity contribution in [1.82, 2.24) is 9.88 Å². The maximum absolute atomic E-state index is 11.7. The standard InChI is InChI=1S/C14H10N2OS2/c17-13-12(19-14(18)15-13)9-11-7-4-8-16(11)10-5-2-1-3-6-10/h1-9H,(H,15,17,18)/b12-9+. The van der Waals surface area contributed by atoms with Gasteiger partial charge >= 0.3 is 0 Å². The molecule has 0 bridgehead atoms. The van der Waals surface area contributed by atoms with E-state index in [1.165, 1.54) is 11.8 Å². The Kier molecular flexibility index (Phi) is 3.23. The molecule has 94 valence electrons. The summed E-state index contributed by atoms with van der Waals surface area (Å²) in [7, 11) is 0. The van der Waals surface area contributed by atoms with Gasteiger partial charge in [0.15, 0.2) is 0 Å². The van der Waals surface area contributed by atoms with Gasteiger partial charge in [-0.1, -0.05) is 42.2 Å². The van der Waals surface area contributed by atoms with Crippen LogP contribution in [0.25, 0.3) is 11.8 Å². The predicted molar refractivity (Wildman–Crippen MR) is 82.1 cm³/mol. The van der Waals surface area contributed by atoms with E-state index in [9.17, 15) is 4.79 Å². The van der Waals surface area contributed by atoms with E-state index < -0.39 is 0 Å². The van der Waals surface area contributed by atoms with Crippen LogP contribution < -0.4 is 5.32 Å². The summed E-state index contributed by atoms with van der Waals surface area (Å²) >= 11 is 6.27.